The van der Waals surface area contributed by atoms with Gasteiger partial charge < -0.3 is 9.64 Å². The van der Waals surface area contributed by atoms with Crippen molar-refractivity contribution in [1.82, 2.24) is 4.98 Å². The van der Waals surface area contributed by atoms with Crippen molar-refractivity contribution in [2.45, 2.75) is 6.42 Å². The van der Waals surface area contributed by atoms with Gasteiger partial charge in [-0.3, -0.25) is 0 Å². The molecule has 0 aliphatic carbocycles. The van der Waals surface area contributed by atoms with Crippen LogP contribution in [0.5, 0.6) is 5.75 Å². The van der Waals surface area contributed by atoms with Gasteiger partial charge in [-0.2, -0.15) is 0 Å². The third kappa shape index (κ3) is 3.17. The molecule has 0 N–H and O–H groups in total. The maximum absolute atomic E-state index is 5.73. The van der Waals surface area contributed by atoms with E-state index in [1.807, 2.05) is 42.5 Å². The molecule has 0 amide bonds. The van der Waals surface area contributed by atoms with E-state index in [1.165, 1.54) is 0 Å². The molecule has 0 saturated heterocycles. The Morgan fingerprint density at radius 2 is 1.95 bits per heavy atom. The molecule has 103 valence electrons. The summed E-state index contributed by atoms with van der Waals surface area (Å²) in [5, 5.41) is 2.15. The quantitative estimate of drug-likeness (QED) is 0.453. The summed E-state index contributed by atoms with van der Waals surface area (Å²) in [6.45, 7) is 5.73. The number of hydrogen-bond acceptors (Lipinski definition) is 2. The van der Waals surface area contributed by atoms with Crippen molar-refractivity contribution in [2.24, 2.45) is 0 Å². The molecule has 0 fully saturated rings. The molecule has 3 rings (SSSR count). The van der Waals surface area contributed by atoms with E-state index in [9.17, 15) is 0 Å². The Balaban J connectivity index is 0.00000161. The first kappa shape index (κ1) is 15.7. The van der Waals surface area contributed by atoms with E-state index in [2.05, 4.69) is 11.1 Å². The van der Waals surface area contributed by atoms with Gasteiger partial charge in [0.1, 0.15) is 0 Å². The molecule has 0 atom stereocenters. The van der Waals surface area contributed by atoms with E-state index < -0.39 is 0 Å². The third-order valence-electron chi connectivity index (χ3n) is 3.15. The van der Waals surface area contributed by atoms with E-state index >= 15 is 0 Å². The van der Waals surface area contributed by atoms with Crippen molar-refractivity contribution >= 4 is 18.8 Å². The van der Waals surface area contributed by atoms with Gasteiger partial charge >= 0.3 is 8.05 Å². The summed E-state index contributed by atoms with van der Waals surface area (Å²) in [7, 11) is 5.19. The van der Waals surface area contributed by atoms with Gasteiger partial charge in [0.25, 0.3) is 0 Å². The van der Waals surface area contributed by atoms with E-state index in [-0.39, 0.29) is 20.1 Å². The Kier molecular flexibility index (Phi) is 5.16. The van der Waals surface area contributed by atoms with Crippen LogP contribution >= 0.6 is 0 Å². The second-order valence-electron chi connectivity index (χ2n) is 4.43. The van der Waals surface area contributed by atoms with Crippen LogP contribution in [0.3, 0.4) is 0 Å². The largest absolute Gasteiger partial charge is 0.581 e. The summed E-state index contributed by atoms with van der Waals surface area (Å²) in [6.07, 6.45) is 0.394. The van der Waals surface area contributed by atoms with Crippen molar-refractivity contribution in [3.63, 3.8) is 0 Å². The number of hydrogen-bond donors (Lipinski definition) is 0. The average Bonchev–Trinajstić information content (AvgIpc) is 2.53. The van der Waals surface area contributed by atoms with Crippen molar-refractivity contribution in [1.29, 1.82) is 0 Å². The van der Waals surface area contributed by atoms with Crippen LogP contribution in [-0.2, 0) is 26.5 Å². The summed E-state index contributed by atoms with van der Waals surface area (Å²) < 4.78 is 4.74. The summed E-state index contributed by atoms with van der Waals surface area (Å²) in [4.78, 5) is 4.61. The molecule has 2 aromatic carbocycles. The Morgan fingerprint density at radius 3 is 2.71 bits per heavy atom. The maximum atomic E-state index is 5.73. The zero-order valence-corrected chi connectivity index (χ0v) is 13.6. The summed E-state index contributed by atoms with van der Waals surface area (Å²) in [5.74, 6) is 0.478. The molecule has 1 aromatic heterocycles. The van der Waals surface area contributed by atoms with E-state index in [0.29, 0.717) is 12.2 Å². The fraction of sp³-hybridized carbons (Fsp3) is 0.0588. The predicted octanol–water partition coefficient (Wildman–Crippen LogP) is 3.42. The zero-order chi connectivity index (χ0) is 13.9. The average molecular weight is 448 g/mol. The number of fused-ring (bicyclic) bond motifs is 1. The number of aromatic nitrogens is 1. The number of benzene rings is 2. The number of rotatable bonds is 3. The van der Waals surface area contributed by atoms with Gasteiger partial charge in [0.15, 0.2) is 0 Å². The molecule has 2 nitrogen and oxygen atoms in total. The van der Waals surface area contributed by atoms with Crippen LogP contribution in [0, 0.1) is 13.0 Å². The van der Waals surface area contributed by atoms with E-state index in [1.54, 1.807) is 6.07 Å². The van der Waals surface area contributed by atoms with Crippen LogP contribution in [0.4, 0.5) is 0 Å². The SMILES string of the molecule is [B]Oc1[c-]c(-c2nc(C[CH])cc3ccccc23)ccc1.[Ir]. The second-order valence-corrected chi connectivity index (χ2v) is 4.43. The Labute approximate surface area is 139 Å². The van der Waals surface area contributed by atoms with Crippen molar-refractivity contribution in [3.8, 4) is 17.0 Å². The summed E-state index contributed by atoms with van der Waals surface area (Å²) in [6, 6.07) is 18.7. The Morgan fingerprint density at radius 1 is 1.14 bits per heavy atom. The molecule has 4 heteroatoms. The van der Waals surface area contributed by atoms with Crippen molar-refractivity contribution in [2.75, 3.05) is 0 Å². The molecule has 5 radical (unpaired) electrons. The molecule has 0 saturated carbocycles. The van der Waals surface area contributed by atoms with Crippen LogP contribution in [0.25, 0.3) is 22.0 Å². The van der Waals surface area contributed by atoms with Crippen LogP contribution in [-0.4, -0.2) is 13.0 Å². The smallest absolute Gasteiger partial charge is 0.371 e. The minimum absolute atomic E-state index is 0. The minimum atomic E-state index is 0. The van der Waals surface area contributed by atoms with Gasteiger partial charge in [-0.05, 0) is 35.9 Å². The van der Waals surface area contributed by atoms with Gasteiger partial charge in [0, 0.05) is 31.5 Å². The van der Waals surface area contributed by atoms with Gasteiger partial charge in [0.05, 0.1) is 0 Å². The first-order valence-electron chi connectivity index (χ1n) is 6.30. The summed E-state index contributed by atoms with van der Waals surface area (Å²) in [5.41, 5.74) is 2.51. The molecule has 3 aromatic rings. The molecule has 0 bridgehead atoms. The molecular weight excluding hydrogens is 437 g/mol. The van der Waals surface area contributed by atoms with Crippen LogP contribution in [0.1, 0.15) is 5.69 Å². The fourth-order valence-corrected chi connectivity index (χ4v) is 2.22. The Hall–Kier alpha value is -1.64. The second kappa shape index (κ2) is 6.88. The van der Waals surface area contributed by atoms with Crippen LogP contribution in [0.15, 0.2) is 48.5 Å². The topological polar surface area (TPSA) is 22.1 Å². The van der Waals surface area contributed by atoms with Crippen LogP contribution < -0.4 is 4.65 Å². The van der Waals surface area contributed by atoms with Gasteiger partial charge in [-0.25, -0.2) is 0 Å². The van der Waals surface area contributed by atoms with Gasteiger partial charge in [-0.15, -0.1) is 23.8 Å². The number of pyridine rings is 1. The molecular formula is C17H11BIrNO-. The fourth-order valence-electron chi connectivity index (χ4n) is 2.22. The van der Waals surface area contributed by atoms with E-state index in [4.69, 9.17) is 19.6 Å². The first-order valence-corrected chi connectivity index (χ1v) is 6.30. The maximum Gasteiger partial charge on any atom is 0.371 e. The monoisotopic (exact) mass is 449 g/mol. The molecule has 21 heavy (non-hydrogen) atoms. The third-order valence-corrected chi connectivity index (χ3v) is 3.15. The van der Waals surface area contributed by atoms with Gasteiger partial charge in [-0.1, -0.05) is 30.3 Å². The predicted molar refractivity (Wildman–Crippen MR) is 80.4 cm³/mol. The first-order chi connectivity index (χ1) is 9.81. The molecule has 1 heterocycles. The number of nitrogens with zero attached hydrogens (tertiary/aromatic N) is 1. The molecule has 0 unspecified atom stereocenters. The molecule has 0 spiro atoms. The molecule has 0 aliphatic rings. The standard InChI is InChI=1S/C17H11BNO.Ir/c1-2-14-10-12-6-3-4-9-16(12)17(19-14)13-7-5-8-15(11-13)20-18;/h1,3-10H,2H2;/q-1;. The normalized spacial score (nSPS) is 10.1. The van der Waals surface area contributed by atoms with Gasteiger partial charge in [0.2, 0.25) is 0 Å². The van der Waals surface area contributed by atoms with Crippen LogP contribution in [0.2, 0.25) is 0 Å². The van der Waals surface area contributed by atoms with Crippen molar-refractivity contribution in [3.05, 3.63) is 67.2 Å². The van der Waals surface area contributed by atoms with E-state index in [0.717, 1.165) is 27.7 Å². The summed E-state index contributed by atoms with van der Waals surface area (Å²) >= 11 is 0. The minimum Gasteiger partial charge on any atom is -0.581 e. The zero-order valence-electron chi connectivity index (χ0n) is 11.2. The van der Waals surface area contributed by atoms with Crippen molar-refractivity contribution < 1.29 is 24.8 Å². The Bertz CT molecular complexity index is 761. The molecule has 0 aliphatic heterocycles.